The van der Waals surface area contributed by atoms with Gasteiger partial charge in [-0.3, -0.25) is 4.79 Å². The number of ether oxygens (including phenoxy) is 1. The normalized spacial score (nSPS) is 17.2. The Balaban J connectivity index is 1.49. The highest BCUT2D eigenvalue weighted by atomic mass is 16.5. The minimum Gasteiger partial charge on any atom is -0.494 e. The van der Waals surface area contributed by atoms with Gasteiger partial charge >= 0.3 is 0 Å². The molecule has 1 atom stereocenters. The van der Waals surface area contributed by atoms with Gasteiger partial charge < -0.3 is 19.2 Å². The second kappa shape index (κ2) is 8.04. The predicted molar refractivity (Wildman–Crippen MR) is 108 cm³/mol. The number of nitrogens with zero attached hydrogens (tertiary/aromatic N) is 4. The molecule has 3 heterocycles. The smallest absolute Gasteiger partial charge is 0.270 e. The van der Waals surface area contributed by atoms with Gasteiger partial charge in [0.2, 0.25) is 0 Å². The molecule has 7 heteroatoms. The first-order chi connectivity index (χ1) is 13.7. The Hall–Kier alpha value is -2.83. The summed E-state index contributed by atoms with van der Waals surface area (Å²) in [5.74, 6) is 2.05. The first-order valence-electron chi connectivity index (χ1n) is 10.0. The van der Waals surface area contributed by atoms with Crippen LogP contribution < -0.4 is 4.74 Å². The fourth-order valence-electron chi connectivity index (χ4n) is 3.85. The van der Waals surface area contributed by atoms with E-state index >= 15 is 0 Å². The molecule has 3 aromatic rings. The van der Waals surface area contributed by atoms with Crippen molar-refractivity contribution < 1.29 is 9.53 Å². The number of hydrogen-bond acceptors (Lipinski definition) is 4. The zero-order valence-electron chi connectivity index (χ0n) is 16.5. The van der Waals surface area contributed by atoms with Crippen molar-refractivity contribution in [3.8, 4) is 5.75 Å². The number of amides is 1. The van der Waals surface area contributed by atoms with Gasteiger partial charge in [0.15, 0.2) is 0 Å². The van der Waals surface area contributed by atoms with Gasteiger partial charge in [0.05, 0.1) is 6.61 Å². The Labute approximate surface area is 164 Å². The number of piperidine rings is 1. The lowest BCUT2D eigenvalue weighted by atomic mass is 9.97. The number of likely N-dealkylation sites (tertiary alicyclic amines) is 1. The lowest BCUT2D eigenvalue weighted by Gasteiger charge is -2.31. The molecule has 0 bridgehead atoms. The van der Waals surface area contributed by atoms with E-state index < -0.39 is 0 Å². The van der Waals surface area contributed by atoms with Gasteiger partial charge in [0.25, 0.3) is 5.91 Å². The van der Waals surface area contributed by atoms with Crippen molar-refractivity contribution >= 4 is 16.8 Å². The summed E-state index contributed by atoms with van der Waals surface area (Å²) in [5.41, 5.74) is 1.55. The number of aromatic amines is 1. The van der Waals surface area contributed by atoms with Gasteiger partial charge in [-0.1, -0.05) is 13.3 Å². The summed E-state index contributed by atoms with van der Waals surface area (Å²) in [6, 6.07) is 7.87. The van der Waals surface area contributed by atoms with Crippen LogP contribution in [0.4, 0.5) is 0 Å². The van der Waals surface area contributed by atoms with Crippen molar-refractivity contribution in [2.24, 2.45) is 7.05 Å². The average molecular weight is 381 g/mol. The van der Waals surface area contributed by atoms with Crippen LogP contribution in [0.1, 0.15) is 54.8 Å². The second-order valence-corrected chi connectivity index (χ2v) is 7.52. The number of H-pyrrole nitrogens is 1. The molecule has 2 aromatic heterocycles. The van der Waals surface area contributed by atoms with E-state index in [4.69, 9.17) is 4.74 Å². The Kier molecular flexibility index (Phi) is 5.32. The van der Waals surface area contributed by atoms with Crippen molar-refractivity contribution in [1.82, 2.24) is 24.6 Å². The van der Waals surface area contributed by atoms with Crippen molar-refractivity contribution in [2.75, 3.05) is 19.7 Å². The van der Waals surface area contributed by atoms with Crippen LogP contribution in [0.3, 0.4) is 0 Å². The number of benzene rings is 1. The Bertz CT molecular complexity index is 961. The zero-order valence-corrected chi connectivity index (χ0v) is 16.5. The molecule has 1 amide bonds. The van der Waals surface area contributed by atoms with Crippen LogP contribution in [0.2, 0.25) is 0 Å². The maximum absolute atomic E-state index is 13.1. The van der Waals surface area contributed by atoms with Crippen molar-refractivity contribution in [2.45, 2.75) is 38.5 Å². The summed E-state index contributed by atoms with van der Waals surface area (Å²) in [5, 5.41) is 9.24. The largest absolute Gasteiger partial charge is 0.494 e. The fraction of sp³-hybridized carbons (Fsp3) is 0.476. The Morgan fingerprint density at radius 2 is 2.25 bits per heavy atom. The number of nitrogens with one attached hydrogen (secondary N) is 1. The van der Waals surface area contributed by atoms with E-state index in [1.807, 2.05) is 40.8 Å². The van der Waals surface area contributed by atoms with Gasteiger partial charge in [-0.05, 0) is 37.5 Å². The summed E-state index contributed by atoms with van der Waals surface area (Å²) in [4.78, 5) is 18.3. The molecule has 0 saturated carbocycles. The third-order valence-electron chi connectivity index (χ3n) is 5.41. The standard InChI is InChI=1S/C21H27N5O2/c1-3-4-10-28-17-8-7-15-11-19(23-18(15)12-17)21(27)26-9-5-6-16(13-26)20-24-22-14-25(20)2/h7-8,11-12,14,16,23H,3-6,9-10,13H2,1-2H3. The molecule has 28 heavy (non-hydrogen) atoms. The number of aryl methyl sites for hydroxylation is 1. The van der Waals surface area contributed by atoms with Crippen molar-refractivity contribution in [3.63, 3.8) is 0 Å². The average Bonchev–Trinajstić information content (AvgIpc) is 3.33. The molecule has 1 aliphatic rings. The van der Waals surface area contributed by atoms with E-state index in [9.17, 15) is 4.79 Å². The monoisotopic (exact) mass is 381 g/mol. The van der Waals surface area contributed by atoms with Crippen LogP contribution in [-0.4, -0.2) is 50.3 Å². The van der Waals surface area contributed by atoms with Crippen LogP contribution in [-0.2, 0) is 7.05 Å². The van der Waals surface area contributed by atoms with E-state index in [1.54, 1.807) is 6.33 Å². The highest BCUT2D eigenvalue weighted by Crippen LogP contribution is 2.27. The number of aromatic nitrogens is 4. The first-order valence-corrected chi connectivity index (χ1v) is 10.0. The molecular formula is C21H27N5O2. The van der Waals surface area contributed by atoms with E-state index in [-0.39, 0.29) is 11.8 Å². The van der Waals surface area contributed by atoms with Crippen LogP contribution in [0, 0.1) is 0 Å². The number of rotatable bonds is 6. The number of unbranched alkanes of at least 4 members (excludes halogenated alkanes) is 1. The van der Waals surface area contributed by atoms with E-state index in [2.05, 4.69) is 22.1 Å². The Morgan fingerprint density at radius 3 is 3.04 bits per heavy atom. The zero-order chi connectivity index (χ0) is 19.5. The Morgan fingerprint density at radius 1 is 1.36 bits per heavy atom. The molecule has 1 aliphatic heterocycles. The molecule has 4 rings (SSSR count). The van der Waals surface area contributed by atoms with Gasteiger partial charge in [-0.15, -0.1) is 10.2 Å². The van der Waals surface area contributed by atoms with Crippen LogP contribution in [0.5, 0.6) is 5.75 Å². The molecule has 1 fully saturated rings. The number of carbonyl (C=O) groups is 1. The van der Waals surface area contributed by atoms with E-state index in [0.717, 1.165) is 54.7 Å². The van der Waals surface area contributed by atoms with Crippen LogP contribution >= 0.6 is 0 Å². The molecule has 0 aliphatic carbocycles. The highest BCUT2D eigenvalue weighted by Gasteiger charge is 2.28. The second-order valence-electron chi connectivity index (χ2n) is 7.52. The topological polar surface area (TPSA) is 76.0 Å². The maximum Gasteiger partial charge on any atom is 0.270 e. The third-order valence-corrected chi connectivity index (χ3v) is 5.41. The predicted octanol–water partition coefficient (Wildman–Crippen LogP) is 3.50. The van der Waals surface area contributed by atoms with E-state index in [0.29, 0.717) is 18.8 Å². The number of hydrogen-bond donors (Lipinski definition) is 1. The van der Waals surface area contributed by atoms with E-state index in [1.165, 1.54) is 0 Å². The molecular weight excluding hydrogens is 354 g/mol. The van der Waals surface area contributed by atoms with Gasteiger partial charge in [0.1, 0.15) is 23.6 Å². The maximum atomic E-state index is 13.1. The van der Waals surface area contributed by atoms with Crippen molar-refractivity contribution in [1.29, 1.82) is 0 Å². The summed E-state index contributed by atoms with van der Waals surface area (Å²) < 4.78 is 7.72. The minimum atomic E-state index is 0.0384. The molecule has 1 unspecified atom stereocenters. The summed E-state index contributed by atoms with van der Waals surface area (Å²) in [6.45, 7) is 4.30. The number of carbonyl (C=O) groups excluding carboxylic acids is 1. The lowest BCUT2D eigenvalue weighted by molar-refractivity contribution is 0.0698. The molecule has 0 radical (unpaired) electrons. The SMILES string of the molecule is CCCCOc1ccc2cc(C(=O)N3CCCC(c4nncn4C)C3)[nH]c2c1. The molecule has 1 saturated heterocycles. The van der Waals surface area contributed by atoms with Crippen LogP contribution in [0.25, 0.3) is 10.9 Å². The van der Waals surface area contributed by atoms with Gasteiger partial charge in [-0.25, -0.2) is 0 Å². The summed E-state index contributed by atoms with van der Waals surface area (Å²) in [7, 11) is 1.95. The molecule has 1 aromatic carbocycles. The van der Waals surface area contributed by atoms with Crippen LogP contribution in [0.15, 0.2) is 30.6 Å². The third kappa shape index (κ3) is 3.74. The first kappa shape index (κ1) is 18.5. The molecule has 148 valence electrons. The van der Waals surface area contributed by atoms with Crippen molar-refractivity contribution in [3.05, 3.63) is 42.1 Å². The number of fused-ring (bicyclic) bond motifs is 1. The quantitative estimate of drug-likeness (QED) is 0.663. The molecule has 7 nitrogen and oxygen atoms in total. The molecule has 0 spiro atoms. The summed E-state index contributed by atoms with van der Waals surface area (Å²) in [6.07, 6.45) is 5.86. The lowest BCUT2D eigenvalue weighted by Crippen LogP contribution is -2.39. The minimum absolute atomic E-state index is 0.0384. The van der Waals surface area contributed by atoms with Gasteiger partial charge in [0, 0.05) is 43.0 Å². The van der Waals surface area contributed by atoms with Gasteiger partial charge in [-0.2, -0.15) is 0 Å². The molecule has 1 N–H and O–H groups in total. The summed E-state index contributed by atoms with van der Waals surface area (Å²) >= 11 is 0. The highest BCUT2D eigenvalue weighted by molar-refractivity contribution is 5.98. The fourth-order valence-corrected chi connectivity index (χ4v) is 3.85.